The zero-order valence-electron chi connectivity index (χ0n) is 13.6. The van der Waals surface area contributed by atoms with Gasteiger partial charge >= 0.3 is 0 Å². The second kappa shape index (κ2) is 7.99. The summed E-state index contributed by atoms with van der Waals surface area (Å²) in [4.78, 5) is 2.43. The summed E-state index contributed by atoms with van der Waals surface area (Å²) < 4.78 is 10.8. The van der Waals surface area contributed by atoms with Crippen LogP contribution in [-0.4, -0.2) is 38.3 Å². The van der Waals surface area contributed by atoms with Crippen molar-refractivity contribution in [3.8, 4) is 5.75 Å². The van der Waals surface area contributed by atoms with Gasteiger partial charge in [0.2, 0.25) is 0 Å². The molecule has 2 aromatic carbocycles. The predicted octanol–water partition coefficient (Wildman–Crippen LogP) is 3.14. The maximum absolute atomic E-state index is 5.39. The zero-order valence-corrected chi connectivity index (χ0v) is 13.6. The third kappa shape index (κ3) is 4.47. The molecule has 1 aliphatic heterocycles. The third-order valence-corrected chi connectivity index (χ3v) is 4.14. The normalized spacial score (nSPS) is 15.3. The van der Waals surface area contributed by atoms with Crippen LogP contribution >= 0.6 is 0 Å². The molecule has 4 nitrogen and oxygen atoms in total. The molecule has 0 unspecified atom stereocenters. The SMILES string of the molecule is COc1ccccc1CNc1ccc(CN2CCOCC2)cc1. The lowest BCUT2D eigenvalue weighted by Gasteiger charge is -2.26. The minimum Gasteiger partial charge on any atom is -0.496 e. The molecule has 0 radical (unpaired) electrons. The van der Waals surface area contributed by atoms with Crippen LogP contribution in [0.5, 0.6) is 5.75 Å². The lowest BCUT2D eigenvalue weighted by atomic mass is 10.1. The number of para-hydroxylation sites is 1. The molecule has 122 valence electrons. The Morgan fingerprint density at radius 3 is 2.52 bits per heavy atom. The second-order valence-electron chi connectivity index (χ2n) is 5.75. The minimum atomic E-state index is 0.757. The average molecular weight is 312 g/mol. The van der Waals surface area contributed by atoms with Crippen LogP contribution in [0.4, 0.5) is 5.69 Å². The number of rotatable bonds is 6. The first-order valence-electron chi connectivity index (χ1n) is 8.10. The minimum absolute atomic E-state index is 0.757. The number of nitrogens with zero attached hydrogens (tertiary/aromatic N) is 1. The number of hydrogen-bond donors (Lipinski definition) is 1. The molecule has 23 heavy (non-hydrogen) atoms. The van der Waals surface area contributed by atoms with Crippen LogP contribution in [0, 0.1) is 0 Å². The second-order valence-corrected chi connectivity index (χ2v) is 5.75. The van der Waals surface area contributed by atoms with Gasteiger partial charge in [-0.15, -0.1) is 0 Å². The van der Waals surface area contributed by atoms with Gasteiger partial charge in [0, 0.05) is 37.4 Å². The number of benzene rings is 2. The van der Waals surface area contributed by atoms with Crippen molar-refractivity contribution in [1.29, 1.82) is 0 Å². The fourth-order valence-electron chi connectivity index (χ4n) is 2.79. The van der Waals surface area contributed by atoms with Crippen LogP contribution in [0.2, 0.25) is 0 Å². The third-order valence-electron chi connectivity index (χ3n) is 4.14. The summed E-state index contributed by atoms with van der Waals surface area (Å²) in [6.45, 7) is 5.49. The molecule has 0 atom stereocenters. The highest BCUT2D eigenvalue weighted by Gasteiger charge is 2.10. The maximum atomic E-state index is 5.39. The molecule has 1 fully saturated rings. The molecule has 4 heteroatoms. The van der Waals surface area contributed by atoms with E-state index in [9.17, 15) is 0 Å². The summed E-state index contributed by atoms with van der Waals surface area (Å²) in [5.41, 5.74) is 3.63. The van der Waals surface area contributed by atoms with Gasteiger partial charge in [0.15, 0.2) is 0 Å². The highest BCUT2D eigenvalue weighted by Crippen LogP contribution is 2.19. The quantitative estimate of drug-likeness (QED) is 0.888. The lowest BCUT2D eigenvalue weighted by Crippen LogP contribution is -2.35. The number of ether oxygens (including phenoxy) is 2. The summed E-state index contributed by atoms with van der Waals surface area (Å²) >= 11 is 0. The van der Waals surface area contributed by atoms with E-state index in [0.717, 1.165) is 56.4 Å². The molecule has 1 aliphatic rings. The Morgan fingerprint density at radius 2 is 1.78 bits per heavy atom. The van der Waals surface area contributed by atoms with Gasteiger partial charge in [0.25, 0.3) is 0 Å². The number of methoxy groups -OCH3 is 1. The van der Waals surface area contributed by atoms with Crippen LogP contribution in [0.3, 0.4) is 0 Å². The van der Waals surface area contributed by atoms with Gasteiger partial charge in [-0.1, -0.05) is 30.3 Å². The highest BCUT2D eigenvalue weighted by molar-refractivity contribution is 5.46. The Bertz CT molecular complexity index is 607. The van der Waals surface area contributed by atoms with Gasteiger partial charge in [-0.05, 0) is 23.8 Å². The van der Waals surface area contributed by atoms with Crippen LogP contribution < -0.4 is 10.1 Å². The summed E-state index contributed by atoms with van der Waals surface area (Å²) in [5, 5.41) is 3.45. The molecular weight excluding hydrogens is 288 g/mol. The average Bonchev–Trinajstić information content (AvgIpc) is 2.62. The molecule has 0 amide bonds. The van der Waals surface area contributed by atoms with Crippen molar-refractivity contribution in [3.05, 3.63) is 59.7 Å². The molecule has 0 saturated carbocycles. The Hall–Kier alpha value is -2.04. The van der Waals surface area contributed by atoms with Crippen molar-refractivity contribution in [2.24, 2.45) is 0 Å². The van der Waals surface area contributed by atoms with Gasteiger partial charge in [-0.2, -0.15) is 0 Å². The topological polar surface area (TPSA) is 33.7 Å². The molecule has 3 rings (SSSR count). The number of morpholine rings is 1. The Kier molecular flexibility index (Phi) is 5.51. The number of nitrogens with one attached hydrogen (secondary N) is 1. The smallest absolute Gasteiger partial charge is 0.123 e. The first kappa shape index (κ1) is 15.8. The largest absolute Gasteiger partial charge is 0.496 e. The van der Waals surface area contributed by atoms with E-state index in [4.69, 9.17) is 9.47 Å². The molecule has 0 aromatic heterocycles. The fraction of sp³-hybridized carbons (Fsp3) is 0.368. The summed E-state index contributed by atoms with van der Waals surface area (Å²) in [5.74, 6) is 0.920. The van der Waals surface area contributed by atoms with Crippen molar-refractivity contribution in [2.75, 3.05) is 38.7 Å². The van der Waals surface area contributed by atoms with Crippen LogP contribution in [-0.2, 0) is 17.8 Å². The molecular formula is C19H24N2O2. The van der Waals surface area contributed by atoms with E-state index in [1.54, 1.807) is 7.11 Å². The van der Waals surface area contributed by atoms with Gasteiger partial charge in [0.1, 0.15) is 5.75 Å². The van der Waals surface area contributed by atoms with Gasteiger partial charge in [-0.3, -0.25) is 4.90 Å². The van der Waals surface area contributed by atoms with E-state index in [1.165, 1.54) is 5.56 Å². The molecule has 2 aromatic rings. The molecule has 1 saturated heterocycles. The zero-order chi connectivity index (χ0) is 15.9. The van der Waals surface area contributed by atoms with Crippen molar-refractivity contribution >= 4 is 5.69 Å². The highest BCUT2D eigenvalue weighted by atomic mass is 16.5. The van der Waals surface area contributed by atoms with Crippen LogP contribution in [0.15, 0.2) is 48.5 Å². The lowest BCUT2D eigenvalue weighted by molar-refractivity contribution is 0.0342. The van der Waals surface area contributed by atoms with Gasteiger partial charge in [0.05, 0.1) is 20.3 Å². The van der Waals surface area contributed by atoms with Crippen molar-refractivity contribution in [2.45, 2.75) is 13.1 Å². The standard InChI is InChI=1S/C19H24N2O2/c1-22-19-5-3-2-4-17(19)14-20-18-8-6-16(7-9-18)15-21-10-12-23-13-11-21/h2-9,20H,10-15H2,1H3. The van der Waals surface area contributed by atoms with E-state index >= 15 is 0 Å². The molecule has 1 N–H and O–H groups in total. The van der Waals surface area contributed by atoms with Crippen LogP contribution in [0.1, 0.15) is 11.1 Å². The van der Waals surface area contributed by atoms with E-state index in [0.29, 0.717) is 0 Å². The summed E-state index contributed by atoms with van der Waals surface area (Å²) in [6, 6.07) is 16.8. The van der Waals surface area contributed by atoms with Crippen molar-refractivity contribution in [1.82, 2.24) is 4.90 Å². The van der Waals surface area contributed by atoms with Gasteiger partial charge in [-0.25, -0.2) is 0 Å². The van der Waals surface area contributed by atoms with E-state index in [-0.39, 0.29) is 0 Å². The molecule has 0 spiro atoms. The summed E-state index contributed by atoms with van der Waals surface area (Å²) in [7, 11) is 1.71. The Balaban J connectivity index is 1.55. The first-order chi connectivity index (χ1) is 11.3. The van der Waals surface area contributed by atoms with E-state index in [2.05, 4.69) is 40.5 Å². The Morgan fingerprint density at radius 1 is 1.04 bits per heavy atom. The first-order valence-corrected chi connectivity index (χ1v) is 8.10. The van der Waals surface area contributed by atoms with Crippen molar-refractivity contribution in [3.63, 3.8) is 0 Å². The molecule has 0 aliphatic carbocycles. The molecule has 1 heterocycles. The number of anilines is 1. The Labute approximate surface area is 138 Å². The monoisotopic (exact) mass is 312 g/mol. The van der Waals surface area contributed by atoms with E-state index < -0.39 is 0 Å². The number of hydrogen-bond acceptors (Lipinski definition) is 4. The van der Waals surface area contributed by atoms with Gasteiger partial charge < -0.3 is 14.8 Å². The predicted molar refractivity (Wildman–Crippen MR) is 92.9 cm³/mol. The van der Waals surface area contributed by atoms with Crippen LogP contribution in [0.25, 0.3) is 0 Å². The molecule has 0 bridgehead atoms. The fourth-order valence-corrected chi connectivity index (χ4v) is 2.79. The summed E-state index contributed by atoms with van der Waals surface area (Å²) in [6.07, 6.45) is 0. The maximum Gasteiger partial charge on any atom is 0.123 e. The van der Waals surface area contributed by atoms with Crippen molar-refractivity contribution < 1.29 is 9.47 Å². The van der Waals surface area contributed by atoms with E-state index in [1.807, 2.05) is 18.2 Å².